The molecule has 0 spiro atoms. The highest BCUT2D eigenvalue weighted by atomic mass is 32.1. The Kier molecular flexibility index (Phi) is 8.86. The van der Waals surface area contributed by atoms with Crippen LogP contribution in [0.1, 0.15) is 29.0 Å². The quantitative estimate of drug-likeness (QED) is 0.406. The Labute approximate surface area is 196 Å². The molecule has 0 radical (unpaired) electrons. The van der Waals surface area contributed by atoms with Crippen LogP contribution < -0.4 is 0 Å². The topological polar surface area (TPSA) is 28.6 Å². The highest BCUT2D eigenvalue weighted by molar-refractivity contribution is 7.09. The summed E-state index contributed by atoms with van der Waals surface area (Å²) in [4.78, 5) is 11.3. The van der Waals surface area contributed by atoms with E-state index in [9.17, 15) is 0 Å². The van der Waals surface area contributed by atoms with Gasteiger partial charge in [0.05, 0.1) is 12.3 Å². The number of pyridine rings is 1. The van der Waals surface area contributed by atoms with Gasteiger partial charge in [0, 0.05) is 43.9 Å². The molecule has 0 N–H and O–H groups in total. The fourth-order valence-electron chi connectivity index (χ4n) is 4.84. The van der Waals surface area contributed by atoms with Crippen LogP contribution in [0.2, 0.25) is 0 Å². The average Bonchev–Trinajstić information content (AvgIpc) is 3.35. The van der Waals surface area contributed by atoms with Gasteiger partial charge in [-0.1, -0.05) is 42.5 Å². The Morgan fingerprint density at radius 2 is 1.88 bits per heavy atom. The summed E-state index contributed by atoms with van der Waals surface area (Å²) in [7, 11) is 1.80. The third-order valence-corrected chi connectivity index (χ3v) is 7.43. The lowest BCUT2D eigenvalue weighted by Crippen LogP contribution is -2.47. The van der Waals surface area contributed by atoms with Crippen molar-refractivity contribution in [2.24, 2.45) is 5.92 Å². The fourth-order valence-corrected chi connectivity index (χ4v) is 5.58. The van der Waals surface area contributed by atoms with Crippen LogP contribution in [0.3, 0.4) is 0 Å². The molecule has 0 saturated carbocycles. The highest BCUT2D eigenvalue weighted by Gasteiger charge is 2.31. The van der Waals surface area contributed by atoms with E-state index >= 15 is 0 Å². The van der Waals surface area contributed by atoms with Gasteiger partial charge in [-0.15, -0.1) is 11.3 Å². The fraction of sp³-hybridized carbons (Fsp3) is 0.444. The van der Waals surface area contributed by atoms with Gasteiger partial charge in [0.1, 0.15) is 0 Å². The number of benzene rings is 1. The average molecular weight is 450 g/mol. The molecule has 3 heterocycles. The molecule has 170 valence electrons. The van der Waals surface area contributed by atoms with Gasteiger partial charge in [0.15, 0.2) is 0 Å². The molecular formula is C27H35N3OS. The van der Waals surface area contributed by atoms with Crippen molar-refractivity contribution in [2.45, 2.75) is 38.4 Å². The van der Waals surface area contributed by atoms with Crippen LogP contribution in [0.5, 0.6) is 0 Å². The summed E-state index contributed by atoms with van der Waals surface area (Å²) in [5.74, 6) is 0.676. The maximum atomic E-state index is 5.50. The summed E-state index contributed by atoms with van der Waals surface area (Å²) in [6.45, 7) is 5.99. The Morgan fingerprint density at radius 1 is 1.06 bits per heavy atom. The van der Waals surface area contributed by atoms with E-state index in [2.05, 4.69) is 74.8 Å². The Bertz CT molecular complexity index is 880. The van der Waals surface area contributed by atoms with Crippen LogP contribution in [-0.2, 0) is 24.2 Å². The standard InChI is InChI=1S/C27H35N3OS/c1-31-18-17-30(21-25-10-5-6-14-28-25)27(20-23-8-3-2-4-9-23)24-12-15-29(16-13-24)22-26-11-7-19-32-26/h2-11,14,19,24,27H,12-13,15-18,20-22H2,1H3/t27-/m1/s1. The molecule has 1 saturated heterocycles. The molecule has 0 amide bonds. The lowest BCUT2D eigenvalue weighted by molar-refractivity contribution is 0.0566. The van der Waals surface area contributed by atoms with Crippen molar-refractivity contribution in [1.82, 2.24) is 14.8 Å². The first kappa shape index (κ1) is 23.1. The Balaban J connectivity index is 1.48. The van der Waals surface area contributed by atoms with Gasteiger partial charge in [-0.3, -0.25) is 14.8 Å². The second-order valence-electron chi connectivity index (χ2n) is 8.73. The maximum absolute atomic E-state index is 5.50. The van der Waals surface area contributed by atoms with E-state index in [-0.39, 0.29) is 0 Å². The van der Waals surface area contributed by atoms with Crippen LogP contribution in [-0.4, -0.2) is 54.2 Å². The normalized spacial score (nSPS) is 16.4. The summed E-state index contributed by atoms with van der Waals surface area (Å²) in [5, 5.41) is 2.18. The second-order valence-corrected chi connectivity index (χ2v) is 9.77. The third-order valence-electron chi connectivity index (χ3n) is 6.57. The van der Waals surface area contributed by atoms with Crippen molar-refractivity contribution < 1.29 is 4.74 Å². The monoisotopic (exact) mass is 449 g/mol. The zero-order valence-corrected chi connectivity index (χ0v) is 19.9. The zero-order chi connectivity index (χ0) is 22.0. The van der Waals surface area contributed by atoms with Crippen molar-refractivity contribution in [3.8, 4) is 0 Å². The number of nitrogens with zero attached hydrogens (tertiary/aromatic N) is 3. The largest absolute Gasteiger partial charge is 0.383 e. The van der Waals surface area contributed by atoms with Gasteiger partial charge in [0.25, 0.3) is 0 Å². The number of rotatable bonds is 11. The number of methoxy groups -OCH3 is 1. The predicted octanol–water partition coefficient (Wildman–Crippen LogP) is 5.12. The summed E-state index contributed by atoms with van der Waals surface area (Å²) < 4.78 is 5.50. The molecule has 1 aromatic carbocycles. The van der Waals surface area contributed by atoms with Crippen LogP contribution in [0.4, 0.5) is 0 Å². The van der Waals surface area contributed by atoms with Crippen LogP contribution in [0.25, 0.3) is 0 Å². The highest BCUT2D eigenvalue weighted by Crippen LogP contribution is 2.29. The molecule has 2 aromatic heterocycles. The van der Waals surface area contributed by atoms with Crippen molar-refractivity contribution >= 4 is 11.3 Å². The first-order valence-corrected chi connectivity index (χ1v) is 12.6. The van der Waals surface area contributed by atoms with E-state index in [0.29, 0.717) is 12.0 Å². The summed E-state index contributed by atoms with van der Waals surface area (Å²) in [5.41, 5.74) is 2.55. The molecule has 1 fully saturated rings. The molecule has 1 atom stereocenters. The first-order chi connectivity index (χ1) is 15.8. The van der Waals surface area contributed by atoms with Crippen molar-refractivity contribution in [1.29, 1.82) is 0 Å². The molecule has 5 heteroatoms. The molecule has 32 heavy (non-hydrogen) atoms. The van der Waals surface area contributed by atoms with Gasteiger partial charge >= 0.3 is 0 Å². The van der Waals surface area contributed by atoms with E-state index < -0.39 is 0 Å². The summed E-state index contributed by atoms with van der Waals surface area (Å²) in [6.07, 6.45) is 5.47. The zero-order valence-electron chi connectivity index (χ0n) is 19.1. The van der Waals surface area contributed by atoms with E-state index in [4.69, 9.17) is 4.74 Å². The van der Waals surface area contributed by atoms with E-state index in [1.165, 1.54) is 36.4 Å². The molecule has 4 rings (SSSR count). The lowest BCUT2D eigenvalue weighted by Gasteiger charge is -2.41. The molecule has 1 aliphatic heterocycles. The second kappa shape index (κ2) is 12.3. The van der Waals surface area contributed by atoms with E-state index in [1.54, 1.807) is 7.11 Å². The molecule has 3 aromatic rings. The lowest BCUT2D eigenvalue weighted by atomic mass is 9.84. The van der Waals surface area contributed by atoms with Gasteiger partial charge in [0.2, 0.25) is 0 Å². The van der Waals surface area contributed by atoms with Crippen molar-refractivity contribution in [2.75, 3.05) is 33.4 Å². The predicted molar refractivity (Wildman–Crippen MR) is 133 cm³/mol. The minimum Gasteiger partial charge on any atom is -0.383 e. The molecule has 1 aliphatic rings. The first-order valence-electron chi connectivity index (χ1n) is 11.7. The molecular weight excluding hydrogens is 414 g/mol. The third kappa shape index (κ3) is 6.72. The van der Waals surface area contributed by atoms with Gasteiger partial charge < -0.3 is 4.74 Å². The van der Waals surface area contributed by atoms with Crippen LogP contribution in [0.15, 0.2) is 72.2 Å². The summed E-state index contributed by atoms with van der Waals surface area (Å²) >= 11 is 1.87. The molecule has 4 nitrogen and oxygen atoms in total. The SMILES string of the molecule is COCCN(Cc1ccccn1)[C@H](Cc1ccccc1)C1CCN(Cc2cccs2)CC1. The number of likely N-dealkylation sites (tertiary alicyclic amines) is 1. The number of hydrogen-bond acceptors (Lipinski definition) is 5. The van der Waals surface area contributed by atoms with E-state index in [1.807, 2.05) is 23.6 Å². The number of ether oxygens (including phenoxy) is 1. The number of thiophene rings is 1. The van der Waals surface area contributed by atoms with Gasteiger partial charge in [-0.05, 0) is 67.4 Å². The van der Waals surface area contributed by atoms with Gasteiger partial charge in [-0.2, -0.15) is 0 Å². The number of hydrogen-bond donors (Lipinski definition) is 0. The smallest absolute Gasteiger partial charge is 0.0589 e. The minimum absolute atomic E-state index is 0.485. The Morgan fingerprint density at radius 3 is 2.56 bits per heavy atom. The Hall–Kier alpha value is -2.05. The maximum Gasteiger partial charge on any atom is 0.0589 e. The number of aromatic nitrogens is 1. The van der Waals surface area contributed by atoms with Gasteiger partial charge in [-0.25, -0.2) is 0 Å². The van der Waals surface area contributed by atoms with Crippen molar-refractivity contribution in [3.05, 3.63) is 88.4 Å². The summed E-state index contributed by atoms with van der Waals surface area (Å²) in [6, 6.07) is 22.1. The molecule has 0 bridgehead atoms. The molecule has 0 aliphatic carbocycles. The van der Waals surface area contributed by atoms with Crippen molar-refractivity contribution in [3.63, 3.8) is 0 Å². The van der Waals surface area contributed by atoms with Crippen LogP contribution in [0, 0.1) is 5.92 Å². The van der Waals surface area contributed by atoms with Crippen LogP contribution >= 0.6 is 11.3 Å². The van der Waals surface area contributed by atoms with E-state index in [0.717, 1.165) is 38.4 Å². The minimum atomic E-state index is 0.485. The number of piperidine rings is 1. The molecule has 0 unspecified atom stereocenters.